The first-order valence-electron chi connectivity index (χ1n) is 13.5. The normalized spacial score (nSPS) is 15.7. The van der Waals surface area contributed by atoms with Crippen LogP contribution in [0.15, 0.2) is 95.2 Å². The van der Waals surface area contributed by atoms with Gasteiger partial charge in [-0.1, -0.05) is 36.4 Å². The summed E-state index contributed by atoms with van der Waals surface area (Å²) in [6.07, 6.45) is 1.84. The number of rotatable bonds is 8. The van der Waals surface area contributed by atoms with Crippen molar-refractivity contribution in [3.63, 3.8) is 0 Å². The molecule has 4 heterocycles. The zero-order chi connectivity index (χ0) is 30.4. The minimum Gasteiger partial charge on any atom is -0.455 e. The summed E-state index contributed by atoms with van der Waals surface area (Å²) in [7, 11) is -0.713. The number of aryl methyl sites for hydroxylation is 2. The van der Waals surface area contributed by atoms with Crippen molar-refractivity contribution in [1.29, 1.82) is 0 Å². The Morgan fingerprint density at radius 1 is 1.02 bits per heavy atom. The van der Waals surface area contributed by atoms with E-state index in [0.29, 0.717) is 13.0 Å². The summed E-state index contributed by atoms with van der Waals surface area (Å²) in [6.45, 7) is 0.329. The first-order valence-corrected chi connectivity index (χ1v) is 15.0. The van der Waals surface area contributed by atoms with E-state index in [1.54, 1.807) is 19.6 Å². The van der Waals surface area contributed by atoms with E-state index in [-0.39, 0.29) is 17.3 Å². The first-order chi connectivity index (χ1) is 20.5. The summed E-state index contributed by atoms with van der Waals surface area (Å²) < 4.78 is 77.9. The second kappa shape index (κ2) is 11.0. The molecular formula is C30H29F3N6O3S. The smallest absolute Gasteiger partial charge is 0.449 e. The number of benzene rings is 2. The van der Waals surface area contributed by atoms with E-state index in [2.05, 4.69) is 14.9 Å². The minimum absolute atomic E-state index is 0.117. The molecule has 0 fully saturated rings. The Morgan fingerprint density at radius 3 is 2.47 bits per heavy atom. The number of imidazole rings is 2. The first kappa shape index (κ1) is 28.7. The third kappa shape index (κ3) is 5.82. The van der Waals surface area contributed by atoms with Crippen LogP contribution in [-0.4, -0.2) is 44.4 Å². The Kier molecular flexibility index (Phi) is 7.38. The summed E-state index contributed by atoms with van der Waals surface area (Å²) in [6, 6.07) is 17.3. The van der Waals surface area contributed by atoms with Crippen LogP contribution in [0.25, 0.3) is 11.1 Å². The number of sulfonamides is 1. The molecule has 13 heteroatoms. The van der Waals surface area contributed by atoms with Gasteiger partial charge in [0.1, 0.15) is 5.76 Å². The number of fused-ring (bicyclic) bond motifs is 1. The van der Waals surface area contributed by atoms with E-state index >= 15 is 0 Å². The van der Waals surface area contributed by atoms with E-state index in [9.17, 15) is 21.6 Å². The second-order valence-electron chi connectivity index (χ2n) is 10.6. The SMILES string of the molecule is Cn1cnc(S(=O)(=O)N(Cc2ccc(C(F)(F)F)o2)C2Cc3cc(-c4ccccc4)ccc3N(Cc3cncn3C)C2)c1. The molecule has 0 amide bonds. The molecule has 5 aromatic rings. The maximum Gasteiger partial charge on any atom is 0.449 e. The molecule has 1 unspecified atom stereocenters. The van der Waals surface area contributed by atoms with Gasteiger partial charge in [-0.25, -0.2) is 18.4 Å². The summed E-state index contributed by atoms with van der Waals surface area (Å²) in [5.41, 5.74) is 4.76. The number of halogens is 3. The van der Waals surface area contributed by atoms with Crippen molar-refractivity contribution in [3.8, 4) is 11.1 Å². The number of alkyl halides is 3. The standard InChI is InChI=1S/C30H29F3N6O3S/c1-36-18-29(35-20-36)43(40,41)39(17-26-9-11-28(42-26)30(31,32)33)24-13-23-12-22(21-6-4-3-5-7-21)8-10-27(23)38(15-24)16-25-14-34-19-37(25)2/h3-12,14,18-20,24H,13,15-17H2,1-2H3. The van der Waals surface area contributed by atoms with Crippen LogP contribution in [-0.2, 0) is 49.8 Å². The highest BCUT2D eigenvalue weighted by Crippen LogP contribution is 2.37. The lowest BCUT2D eigenvalue weighted by atomic mass is 9.93. The number of hydrogen-bond acceptors (Lipinski definition) is 6. The molecule has 43 heavy (non-hydrogen) atoms. The summed E-state index contributed by atoms with van der Waals surface area (Å²) >= 11 is 0. The van der Waals surface area contributed by atoms with Crippen LogP contribution >= 0.6 is 0 Å². The monoisotopic (exact) mass is 610 g/mol. The topological polar surface area (TPSA) is 89.4 Å². The molecule has 0 bridgehead atoms. The van der Waals surface area contributed by atoms with Gasteiger partial charge in [-0.2, -0.15) is 17.5 Å². The van der Waals surface area contributed by atoms with Crippen LogP contribution in [0.3, 0.4) is 0 Å². The lowest BCUT2D eigenvalue weighted by molar-refractivity contribution is -0.153. The lowest BCUT2D eigenvalue weighted by Gasteiger charge is -2.40. The largest absolute Gasteiger partial charge is 0.455 e. The minimum atomic E-state index is -4.69. The Labute approximate surface area is 246 Å². The molecule has 1 aliphatic rings. The Bertz CT molecular complexity index is 1850. The zero-order valence-corrected chi connectivity index (χ0v) is 24.3. The van der Waals surface area contributed by atoms with Gasteiger partial charge in [0, 0.05) is 44.8 Å². The molecule has 0 saturated heterocycles. The van der Waals surface area contributed by atoms with Gasteiger partial charge in [0.25, 0.3) is 10.0 Å². The average molecular weight is 611 g/mol. The number of aromatic nitrogens is 4. The molecule has 9 nitrogen and oxygen atoms in total. The van der Waals surface area contributed by atoms with E-state index in [0.717, 1.165) is 34.1 Å². The van der Waals surface area contributed by atoms with Gasteiger partial charge in [-0.15, -0.1) is 0 Å². The average Bonchev–Trinajstić information content (AvgIpc) is 3.73. The highest BCUT2D eigenvalue weighted by Gasteiger charge is 2.40. The number of furan rings is 1. The molecule has 224 valence electrons. The van der Waals surface area contributed by atoms with Gasteiger partial charge in [0.15, 0.2) is 5.03 Å². The zero-order valence-electron chi connectivity index (χ0n) is 23.4. The Hall–Kier alpha value is -4.36. The van der Waals surface area contributed by atoms with E-state index in [1.807, 2.05) is 60.1 Å². The molecule has 0 radical (unpaired) electrons. The lowest BCUT2D eigenvalue weighted by Crippen LogP contribution is -2.50. The molecule has 0 spiro atoms. The molecule has 1 aliphatic heterocycles. The van der Waals surface area contributed by atoms with E-state index < -0.39 is 34.5 Å². The van der Waals surface area contributed by atoms with Crippen LogP contribution in [0.2, 0.25) is 0 Å². The molecule has 1 atom stereocenters. The van der Waals surface area contributed by atoms with Crippen LogP contribution < -0.4 is 4.90 Å². The molecule has 2 aromatic carbocycles. The predicted octanol–water partition coefficient (Wildman–Crippen LogP) is 5.25. The van der Waals surface area contributed by atoms with Gasteiger partial charge >= 0.3 is 6.18 Å². The number of nitrogens with zero attached hydrogens (tertiary/aromatic N) is 6. The van der Waals surface area contributed by atoms with Crippen LogP contribution in [0.5, 0.6) is 0 Å². The fraction of sp³-hybridized carbons (Fsp3) is 0.267. The van der Waals surface area contributed by atoms with Crippen molar-refractivity contribution in [3.05, 3.63) is 108 Å². The number of hydrogen-bond donors (Lipinski definition) is 0. The maximum absolute atomic E-state index is 14.1. The Morgan fingerprint density at radius 2 is 1.81 bits per heavy atom. The van der Waals surface area contributed by atoms with Gasteiger partial charge in [-0.05, 0) is 47.4 Å². The van der Waals surface area contributed by atoms with Gasteiger partial charge in [-0.3, -0.25) is 0 Å². The molecule has 0 N–H and O–H groups in total. The van der Waals surface area contributed by atoms with Crippen molar-refractivity contribution >= 4 is 15.7 Å². The Balaban J connectivity index is 1.43. The van der Waals surface area contributed by atoms with Gasteiger partial charge in [0.2, 0.25) is 5.76 Å². The van der Waals surface area contributed by atoms with Crippen LogP contribution in [0, 0.1) is 0 Å². The van der Waals surface area contributed by atoms with Crippen molar-refractivity contribution in [2.75, 3.05) is 11.4 Å². The van der Waals surface area contributed by atoms with Crippen molar-refractivity contribution in [1.82, 2.24) is 23.4 Å². The molecule has 3 aromatic heterocycles. The third-order valence-electron chi connectivity index (χ3n) is 7.60. The highest BCUT2D eigenvalue weighted by atomic mass is 32.2. The molecule has 6 rings (SSSR count). The van der Waals surface area contributed by atoms with Crippen LogP contribution in [0.4, 0.5) is 18.9 Å². The van der Waals surface area contributed by atoms with Gasteiger partial charge in [0.05, 0.1) is 31.4 Å². The van der Waals surface area contributed by atoms with Crippen LogP contribution in [0.1, 0.15) is 22.8 Å². The quantitative estimate of drug-likeness (QED) is 0.238. The molecule has 0 saturated carbocycles. The fourth-order valence-electron chi connectivity index (χ4n) is 5.44. The number of anilines is 1. The molecule has 0 aliphatic carbocycles. The summed E-state index contributed by atoms with van der Waals surface area (Å²) in [5, 5.41) is -0.195. The summed E-state index contributed by atoms with van der Waals surface area (Å²) in [4.78, 5) is 10.4. The van der Waals surface area contributed by atoms with Gasteiger partial charge < -0.3 is 18.5 Å². The predicted molar refractivity (Wildman–Crippen MR) is 153 cm³/mol. The summed E-state index contributed by atoms with van der Waals surface area (Å²) in [5.74, 6) is -1.30. The van der Waals surface area contributed by atoms with Crippen molar-refractivity contribution in [2.45, 2.75) is 36.8 Å². The highest BCUT2D eigenvalue weighted by molar-refractivity contribution is 7.89. The second-order valence-corrected chi connectivity index (χ2v) is 12.5. The maximum atomic E-state index is 14.1. The van der Waals surface area contributed by atoms with Crippen molar-refractivity contribution in [2.24, 2.45) is 14.1 Å². The third-order valence-corrected chi connectivity index (χ3v) is 9.38. The van der Waals surface area contributed by atoms with E-state index in [1.165, 1.54) is 27.5 Å². The van der Waals surface area contributed by atoms with Crippen molar-refractivity contribution < 1.29 is 26.0 Å². The fourth-order valence-corrected chi connectivity index (χ4v) is 6.99. The van der Waals surface area contributed by atoms with E-state index in [4.69, 9.17) is 4.42 Å². The molecular weight excluding hydrogens is 581 g/mol.